The number of nitrogens with zero attached hydrogens (tertiary/aromatic N) is 1. The number of nitrogens with one attached hydrogen (secondary N) is 1. The second-order valence-corrected chi connectivity index (χ2v) is 4.67. The van der Waals surface area contributed by atoms with Gasteiger partial charge in [0.1, 0.15) is 0 Å². The summed E-state index contributed by atoms with van der Waals surface area (Å²) in [6, 6.07) is 0. The van der Waals surface area contributed by atoms with Crippen molar-refractivity contribution in [1.82, 2.24) is 9.55 Å². The predicted molar refractivity (Wildman–Crippen MR) is 57.2 cm³/mol. The van der Waals surface area contributed by atoms with E-state index in [4.69, 9.17) is 9.79 Å². The molecule has 0 saturated heterocycles. The highest BCUT2D eigenvalue weighted by Crippen LogP contribution is 2.35. The van der Waals surface area contributed by atoms with Gasteiger partial charge in [0.05, 0.1) is 0 Å². The summed E-state index contributed by atoms with van der Waals surface area (Å²) >= 11 is 0. The minimum atomic E-state index is -4.21. The van der Waals surface area contributed by atoms with Crippen molar-refractivity contribution in [2.24, 2.45) is 0 Å². The third-order valence-corrected chi connectivity index (χ3v) is 2.39. The number of aromatic amines is 1. The molecule has 8 heteroatoms. The summed E-state index contributed by atoms with van der Waals surface area (Å²) in [6.07, 6.45) is 2.49. The fourth-order valence-corrected chi connectivity index (χ4v) is 1.42. The number of aromatic nitrogens is 2. The van der Waals surface area contributed by atoms with Crippen LogP contribution in [0.3, 0.4) is 0 Å². The highest BCUT2D eigenvalue weighted by molar-refractivity contribution is 7.55. The van der Waals surface area contributed by atoms with Crippen molar-refractivity contribution in [3.63, 3.8) is 0 Å². The summed E-state index contributed by atoms with van der Waals surface area (Å²) in [5.41, 5.74) is -0.740. The molecule has 0 bridgehead atoms. The molecule has 0 aliphatic carbocycles. The molecular weight excluding hydrogens is 235 g/mol. The Morgan fingerprint density at radius 1 is 1.50 bits per heavy atom. The summed E-state index contributed by atoms with van der Waals surface area (Å²) in [5.74, 6) is 0.708. The number of rotatable bonds is 3. The van der Waals surface area contributed by atoms with Crippen molar-refractivity contribution in [3.05, 3.63) is 44.5 Å². The Kier molecular flexibility index (Phi) is 3.64. The van der Waals surface area contributed by atoms with Crippen LogP contribution in [0.4, 0.5) is 0 Å². The Morgan fingerprint density at radius 3 is 2.69 bits per heavy atom. The minimum Gasteiger partial charge on any atom is -0.321 e. The zero-order valence-electron chi connectivity index (χ0n) is 8.45. The zero-order valence-corrected chi connectivity index (χ0v) is 9.35. The van der Waals surface area contributed by atoms with Gasteiger partial charge >= 0.3 is 13.3 Å². The molecule has 1 rings (SSSR count). The number of hydrogen-bond acceptors (Lipinski definition) is 3. The van der Waals surface area contributed by atoms with Crippen molar-refractivity contribution in [2.75, 3.05) is 0 Å². The monoisotopic (exact) mass is 246 g/mol. The molecule has 16 heavy (non-hydrogen) atoms. The Bertz CT molecular complexity index is 565. The van der Waals surface area contributed by atoms with Crippen molar-refractivity contribution in [1.29, 1.82) is 0 Å². The van der Waals surface area contributed by atoms with E-state index in [2.05, 4.69) is 4.98 Å². The van der Waals surface area contributed by atoms with E-state index in [0.717, 1.165) is 4.57 Å². The van der Waals surface area contributed by atoms with Crippen LogP contribution in [0.5, 0.6) is 0 Å². The predicted octanol–water partition coefficient (Wildman–Crippen LogP) is -0.464. The van der Waals surface area contributed by atoms with Gasteiger partial charge in [-0.3, -0.25) is 18.9 Å². The molecule has 0 atom stereocenters. The summed E-state index contributed by atoms with van der Waals surface area (Å²) in [4.78, 5) is 41.4. The second kappa shape index (κ2) is 4.61. The second-order valence-electron chi connectivity index (χ2n) is 3.20. The Hall–Kier alpha value is -1.43. The Labute approximate surface area is 90.2 Å². The third kappa shape index (κ3) is 3.62. The Balaban J connectivity index is 2.96. The normalized spacial score (nSPS) is 12.2. The standard InChI is InChI=1S/C8H11N2O5P/c1-6-5-10(8(12)9-7(6)11)3-2-4-16(13,14)15/h2,4-5H,3H2,1H3,(H,9,11,12)(H2,13,14,15)/b4-2+. The summed E-state index contributed by atoms with van der Waals surface area (Å²) in [6.45, 7) is 1.52. The van der Waals surface area contributed by atoms with Crippen LogP contribution in [0, 0.1) is 6.92 Å². The fourth-order valence-electron chi connectivity index (χ4n) is 1.05. The first-order valence-electron chi connectivity index (χ1n) is 4.33. The lowest BCUT2D eigenvalue weighted by Crippen LogP contribution is -2.30. The van der Waals surface area contributed by atoms with E-state index in [9.17, 15) is 14.2 Å². The molecule has 0 aliphatic rings. The molecule has 7 nitrogen and oxygen atoms in total. The average Bonchev–Trinajstić information content (AvgIpc) is 2.11. The van der Waals surface area contributed by atoms with Gasteiger partial charge < -0.3 is 9.79 Å². The number of hydrogen-bond donors (Lipinski definition) is 3. The molecule has 0 spiro atoms. The van der Waals surface area contributed by atoms with Crippen LogP contribution in [0.1, 0.15) is 5.56 Å². The lowest BCUT2D eigenvalue weighted by atomic mass is 10.4. The van der Waals surface area contributed by atoms with Crippen molar-refractivity contribution < 1.29 is 14.4 Å². The molecule has 3 N–H and O–H groups in total. The van der Waals surface area contributed by atoms with Gasteiger partial charge in [-0.25, -0.2) is 4.79 Å². The summed E-state index contributed by atoms with van der Waals surface area (Å²) in [7, 11) is -4.21. The quantitative estimate of drug-likeness (QED) is 0.624. The summed E-state index contributed by atoms with van der Waals surface area (Å²) < 4.78 is 11.6. The molecule has 0 fully saturated rings. The first kappa shape index (κ1) is 12.6. The summed E-state index contributed by atoms with van der Waals surface area (Å²) in [5, 5.41) is 0. The molecule has 1 aromatic heterocycles. The number of allylic oxidation sites excluding steroid dienone is 1. The molecule has 1 heterocycles. The van der Waals surface area contributed by atoms with Crippen LogP contribution in [0.2, 0.25) is 0 Å². The molecule has 0 unspecified atom stereocenters. The van der Waals surface area contributed by atoms with Crippen LogP contribution >= 0.6 is 7.60 Å². The van der Waals surface area contributed by atoms with Gasteiger partial charge in [0.15, 0.2) is 0 Å². The van der Waals surface area contributed by atoms with Crippen molar-refractivity contribution >= 4 is 7.60 Å². The molecule has 0 saturated carbocycles. The molecule has 0 radical (unpaired) electrons. The van der Waals surface area contributed by atoms with Crippen molar-refractivity contribution in [2.45, 2.75) is 13.5 Å². The minimum absolute atomic E-state index is 0.0123. The molecule has 0 aliphatic heterocycles. The van der Waals surface area contributed by atoms with Crippen LogP contribution in [0.15, 0.2) is 27.7 Å². The molecule has 88 valence electrons. The maximum absolute atomic E-state index is 11.2. The number of aryl methyl sites for hydroxylation is 1. The van der Waals surface area contributed by atoms with Crippen LogP contribution in [-0.4, -0.2) is 19.3 Å². The highest BCUT2D eigenvalue weighted by Gasteiger charge is 2.05. The van der Waals surface area contributed by atoms with E-state index in [1.165, 1.54) is 19.2 Å². The van der Waals surface area contributed by atoms with Gasteiger partial charge in [-0.2, -0.15) is 0 Å². The van der Waals surface area contributed by atoms with Gasteiger partial charge in [0.2, 0.25) is 0 Å². The first-order valence-corrected chi connectivity index (χ1v) is 6.01. The van der Waals surface area contributed by atoms with Gasteiger partial charge in [0.25, 0.3) is 5.56 Å². The van der Waals surface area contributed by atoms with E-state index in [0.29, 0.717) is 11.4 Å². The topological polar surface area (TPSA) is 112 Å². The molecule has 0 amide bonds. The molecule has 0 aromatic carbocycles. The van der Waals surface area contributed by atoms with E-state index < -0.39 is 18.8 Å². The van der Waals surface area contributed by atoms with Crippen LogP contribution < -0.4 is 11.2 Å². The first-order chi connectivity index (χ1) is 7.29. The third-order valence-electron chi connectivity index (χ3n) is 1.79. The van der Waals surface area contributed by atoms with E-state index in [1.807, 2.05) is 0 Å². The van der Waals surface area contributed by atoms with Gasteiger partial charge in [-0.05, 0) is 6.92 Å². The maximum Gasteiger partial charge on any atom is 0.348 e. The maximum atomic E-state index is 11.2. The molecule has 1 aromatic rings. The fraction of sp³-hybridized carbons (Fsp3) is 0.250. The highest BCUT2D eigenvalue weighted by atomic mass is 31.2. The lowest BCUT2D eigenvalue weighted by Gasteiger charge is -2.01. The smallest absolute Gasteiger partial charge is 0.321 e. The van der Waals surface area contributed by atoms with Gasteiger partial charge in [-0.15, -0.1) is 0 Å². The van der Waals surface area contributed by atoms with Gasteiger partial charge in [0, 0.05) is 24.1 Å². The number of H-pyrrole nitrogens is 1. The van der Waals surface area contributed by atoms with Crippen molar-refractivity contribution in [3.8, 4) is 0 Å². The zero-order chi connectivity index (χ0) is 12.3. The molecular formula is C8H11N2O5P. The SMILES string of the molecule is Cc1cn(C/C=C/P(=O)(O)O)c(=O)[nH]c1=O. The van der Waals surface area contributed by atoms with Crippen LogP contribution in [-0.2, 0) is 11.1 Å². The van der Waals surface area contributed by atoms with E-state index in [1.54, 1.807) is 0 Å². The Morgan fingerprint density at radius 2 is 2.12 bits per heavy atom. The van der Waals surface area contributed by atoms with Gasteiger partial charge in [-0.1, -0.05) is 6.08 Å². The van der Waals surface area contributed by atoms with Crippen LogP contribution in [0.25, 0.3) is 0 Å². The van der Waals surface area contributed by atoms with E-state index >= 15 is 0 Å². The largest absolute Gasteiger partial charge is 0.348 e. The lowest BCUT2D eigenvalue weighted by molar-refractivity contribution is 0.386. The van der Waals surface area contributed by atoms with E-state index in [-0.39, 0.29) is 6.54 Å². The average molecular weight is 246 g/mol.